The van der Waals surface area contributed by atoms with Crippen LogP contribution < -0.4 is 5.73 Å². The Kier molecular flexibility index (Phi) is 3.06. The van der Waals surface area contributed by atoms with Crippen LogP contribution in [0.3, 0.4) is 0 Å². The van der Waals surface area contributed by atoms with Crippen LogP contribution >= 0.6 is 24.2 Å². The van der Waals surface area contributed by atoms with E-state index in [1.807, 2.05) is 0 Å². The van der Waals surface area contributed by atoms with Crippen molar-refractivity contribution in [2.24, 2.45) is 5.73 Å². The van der Waals surface area contributed by atoms with Crippen LogP contribution in [0.2, 0.25) is 0 Å². The summed E-state index contributed by atoms with van der Waals surface area (Å²) in [7, 11) is 0. The first-order valence-electron chi connectivity index (χ1n) is 3.83. The molecule has 3 atom stereocenters. The van der Waals surface area contributed by atoms with Gasteiger partial charge in [0.1, 0.15) is 6.04 Å². The summed E-state index contributed by atoms with van der Waals surface area (Å²) in [6.07, 6.45) is 0.696. The van der Waals surface area contributed by atoms with E-state index in [9.17, 15) is 4.79 Å². The van der Waals surface area contributed by atoms with Crippen molar-refractivity contribution in [3.8, 4) is 6.07 Å². The summed E-state index contributed by atoms with van der Waals surface area (Å²) in [6, 6.07) is 1.49. The summed E-state index contributed by atoms with van der Waals surface area (Å²) in [5.74, 6) is 0.677. The van der Waals surface area contributed by atoms with E-state index < -0.39 is 0 Å². The van der Waals surface area contributed by atoms with Crippen LogP contribution in [0, 0.1) is 11.3 Å². The van der Waals surface area contributed by atoms with Gasteiger partial charge in [0.15, 0.2) is 0 Å². The maximum absolute atomic E-state index is 11.4. The summed E-state index contributed by atoms with van der Waals surface area (Å²) < 4.78 is 0. The summed E-state index contributed by atoms with van der Waals surface area (Å²) in [4.78, 5) is 13.0. The van der Waals surface area contributed by atoms with Crippen LogP contribution in [0.4, 0.5) is 0 Å². The highest BCUT2D eigenvalue weighted by Gasteiger charge is 2.46. The van der Waals surface area contributed by atoms with Crippen molar-refractivity contribution in [1.82, 2.24) is 4.90 Å². The van der Waals surface area contributed by atoms with Crippen LogP contribution in [0.5, 0.6) is 0 Å². The number of hydrogen-bond donors (Lipinski definition) is 1. The maximum Gasteiger partial charge on any atom is 0.241 e. The van der Waals surface area contributed by atoms with Crippen molar-refractivity contribution in [3.63, 3.8) is 0 Å². The Bertz CT molecular complexity index is 267. The molecule has 72 valence electrons. The minimum atomic E-state index is -0.376. The average molecular weight is 220 g/mol. The lowest BCUT2D eigenvalue weighted by Crippen LogP contribution is -2.39. The monoisotopic (exact) mass is 219 g/mol. The normalized spacial score (nSPS) is 36.8. The molecule has 2 aliphatic heterocycles. The molecule has 4 nitrogen and oxygen atoms in total. The van der Waals surface area contributed by atoms with Gasteiger partial charge in [-0.1, -0.05) is 0 Å². The molecular formula is C7H10ClN3OS. The molecule has 0 radical (unpaired) electrons. The van der Waals surface area contributed by atoms with E-state index in [-0.39, 0.29) is 35.8 Å². The van der Waals surface area contributed by atoms with Crippen LogP contribution in [0.1, 0.15) is 6.42 Å². The summed E-state index contributed by atoms with van der Waals surface area (Å²) in [5, 5.41) is 8.88. The standard InChI is InChI=1S/C7H9N3OS.ClH/c8-2-4-3-12-6-1-5(9)7(11)10(4)6;/h4-6H,1,3,9H2;1H/t4-,5-,6+;/m1./s1. The number of thioether (sulfide) groups is 1. The number of nitrogens with zero attached hydrogens (tertiary/aromatic N) is 2. The van der Waals surface area contributed by atoms with Gasteiger partial charge in [-0.25, -0.2) is 0 Å². The van der Waals surface area contributed by atoms with E-state index in [0.29, 0.717) is 6.42 Å². The van der Waals surface area contributed by atoms with Gasteiger partial charge < -0.3 is 10.6 Å². The van der Waals surface area contributed by atoms with Crippen molar-refractivity contribution < 1.29 is 4.79 Å². The molecule has 2 heterocycles. The number of hydrogen-bond acceptors (Lipinski definition) is 4. The van der Waals surface area contributed by atoms with Crippen molar-refractivity contribution in [2.75, 3.05) is 5.75 Å². The molecule has 0 aromatic carbocycles. The van der Waals surface area contributed by atoms with Gasteiger partial charge in [0.05, 0.1) is 17.5 Å². The zero-order chi connectivity index (χ0) is 8.72. The fourth-order valence-corrected chi connectivity index (χ4v) is 3.04. The molecule has 2 rings (SSSR count). The molecule has 0 aromatic rings. The minimum absolute atomic E-state index is 0. The highest BCUT2D eigenvalue weighted by molar-refractivity contribution is 8.00. The highest BCUT2D eigenvalue weighted by atomic mass is 35.5. The fourth-order valence-electron chi connectivity index (χ4n) is 1.65. The molecule has 2 aliphatic rings. The van der Waals surface area contributed by atoms with Crippen molar-refractivity contribution in [2.45, 2.75) is 23.9 Å². The Morgan fingerprint density at radius 1 is 1.69 bits per heavy atom. The number of carbonyl (C=O) groups is 1. The molecule has 1 amide bonds. The molecular weight excluding hydrogens is 210 g/mol. The first-order valence-corrected chi connectivity index (χ1v) is 4.88. The Morgan fingerprint density at radius 2 is 2.38 bits per heavy atom. The third-order valence-electron chi connectivity index (χ3n) is 2.27. The summed E-state index contributed by atoms with van der Waals surface area (Å²) in [5.41, 5.74) is 5.57. The average Bonchev–Trinajstić information content (AvgIpc) is 2.55. The zero-order valence-corrected chi connectivity index (χ0v) is 8.48. The third-order valence-corrected chi connectivity index (χ3v) is 3.58. The molecule has 0 aromatic heterocycles. The predicted octanol–water partition coefficient (Wildman–Crippen LogP) is -0.0671. The molecule has 0 unspecified atom stereocenters. The van der Waals surface area contributed by atoms with E-state index in [0.717, 1.165) is 5.75 Å². The first-order chi connectivity index (χ1) is 5.74. The Morgan fingerprint density at radius 3 is 3.00 bits per heavy atom. The van der Waals surface area contributed by atoms with E-state index in [2.05, 4.69) is 6.07 Å². The number of carbonyl (C=O) groups excluding carboxylic acids is 1. The number of fused-ring (bicyclic) bond motifs is 1. The van der Waals surface area contributed by atoms with Gasteiger partial charge in [-0.3, -0.25) is 4.79 Å². The first kappa shape index (κ1) is 10.6. The molecule has 2 fully saturated rings. The molecule has 6 heteroatoms. The van der Waals surface area contributed by atoms with Crippen LogP contribution in [-0.4, -0.2) is 34.0 Å². The minimum Gasteiger partial charge on any atom is -0.320 e. The molecule has 2 N–H and O–H groups in total. The number of nitriles is 1. The van der Waals surface area contributed by atoms with Crippen molar-refractivity contribution in [1.29, 1.82) is 5.26 Å². The van der Waals surface area contributed by atoms with E-state index in [1.165, 1.54) is 0 Å². The Labute approximate surface area is 86.8 Å². The lowest BCUT2D eigenvalue weighted by Gasteiger charge is -2.17. The Balaban J connectivity index is 0.000000845. The van der Waals surface area contributed by atoms with Crippen LogP contribution in [0.15, 0.2) is 0 Å². The molecule has 0 saturated carbocycles. The molecule has 2 saturated heterocycles. The number of rotatable bonds is 0. The SMILES string of the molecule is Cl.N#C[C@@H]1CS[C@H]2C[C@@H](N)C(=O)N12. The molecule has 13 heavy (non-hydrogen) atoms. The van der Waals surface area contributed by atoms with Gasteiger partial charge in [0.2, 0.25) is 5.91 Å². The van der Waals surface area contributed by atoms with Gasteiger partial charge in [-0.05, 0) is 0 Å². The fraction of sp³-hybridized carbons (Fsp3) is 0.714. The number of amides is 1. The second kappa shape index (κ2) is 3.74. The second-order valence-corrected chi connectivity index (χ2v) is 4.23. The summed E-state index contributed by atoms with van der Waals surface area (Å²) >= 11 is 1.66. The van der Waals surface area contributed by atoms with Crippen molar-refractivity contribution in [3.05, 3.63) is 0 Å². The third kappa shape index (κ3) is 1.50. The lowest BCUT2D eigenvalue weighted by atomic mass is 10.3. The van der Waals surface area contributed by atoms with Crippen LogP contribution in [0.25, 0.3) is 0 Å². The van der Waals surface area contributed by atoms with E-state index >= 15 is 0 Å². The van der Waals surface area contributed by atoms with Crippen molar-refractivity contribution >= 4 is 30.1 Å². The van der Waals surface area contributed by atoms with E-state index in [1.54, 1.807) is 16.7 Å². The quantitative estimate of drug-likeness (QED) is 0.620. The van der Waals surface area contributed by atoms with Gasteiger partial charge in [0.25, 0.3) is 0 Å². The smallest absolute Gasteiger partial charge is 0.241 e. The van der Waals surface area contributed by atoms with Gasteiger partial charge >= 0.3 is 0 Å². The second-order valence-electron chi connectivity index (χ2n) is 3.02. The lowest BCUT2D eigenvalue weighted by molar-refractivity contribution is -0.129. The topological polar surface area (TPSA) is 70.1 Å². The maximum atomic E-state index is 11.4. The highest BCUT2D eigenvalue weighted by Crippen LogP contribution is 2.36. The van der Waals surface area contributed by atoms with E-state index in [4.69, 9.17) is 11.0 Å². The van der Waals surface area contributed by atoms with Crippen LogP contribution in [-0.2, 0) is 4.79 Å². The van der Waals surface area contributed by atoms with Gasteiger partial charge in [-0.15, -0.1) is 24.2 Å². The number of halogens is 1. The number of nitrogens with two attached hydrogens (primary N) is 1. The van der Waals surface area contributed by atoms with Gasteiger partial charge in [-0.2, -0.15) is 5.26 Å². The Hall–Kier alpha value is -0.440. The molecule has 0 spiro atoms. The largest absolute Gasteiger partial charge is 0.320 e. The molecule has 0 bridgehead atoms. The molecule has 0 aliphatic carbocycles. The van der Waals surface area contributed by atoms with Gasteiger partial charge in [0, 0.05) is 12.2 Å². The summed E-state index contributed by atoms with van der Waals surface area (Å²) in [6.45, 7) is 0. The zero-order valence-electron chi connectivity index (χ0n) is 6.84. The predicted molar refractivity (Wildman–Crippen MR) is 52.3 cm³/mol.